The van der Waals surface area contributed by atoms with E-state index in [1.54, 1.807) is 24.3 Å². The van der Waals surface area contributed by atoms with Gasteiger partial charge in [-0.1, -0.05) is 55.8 Å². The molecule has 4 aromatic rings. The molecular weight excluding hydrogens is 476 g/mol. The van der Waals surface area contributed by atoms with Crippen LogP contribution in [0.15, 0.2) is 48.5 Å². The molecule has 1 N–H and O–H groups in total. The number of carboxylic acid groups (broad SMARTS) is 1. The molecule has 0 radical (unpaired) electrons. The van der Waals surface area contributed by atoms with E-state index < -0.39 is 17.9 Å². The smallest absolute Gasteiger partial charge is 0.336 e. The number of nitrogens with zero attached hydrogens (tertiary/aromatic N) is 4. The van der Waals surface area contributed by atoms with Crippen molar-refractivity contribution in [2.45, 2.75) is 46.6 Å². The Bertz CT molecular complexity index is 1480. The van der Waals surface area contributed by atoms with E-state index in [1.165, 1.54) is 13.8 Å². The first-order valence-corrected chi connectivity index (χ1v) is 11.8. The van der Waals surface area contributed by atoms with E-state index >= 15 is 0 Å². The van der Waals surface area contributed by atoms with Gasteiger partial charge in [-0.2, -0.15) is 0 Å². The fourth-order valence-electron chi connectivity index (χ4n) is 4.05. The molecule has 10 heteroatoms. The molecule has 0 amide bonds. The first-order chi connectivity index (χ1) is 17.8. The monoisotopic (exact) mass is 502 g/mol. The lowest BCUT2D eigenvalue weighted by atomic mass is 9.99. The summed E-state index contributed by atoms with van der Waals surface area (Å²) in [6.07, 6.45) is 2.43. The lowest BCUT2D eigenvalue weighted by molar-refractivity contribution is -0.133. The number of rotatable bonds is 9. The molecule has 0 saturated heterocycles. The Morgan fingerprint density at radius 1 is 0.919 bits per heavy atom. The van der Waals surface area contributed by atoms with Gasteiger partial charge >= 0.3 is 17.9 Å². The number of aryl methyl sites for hydroxylation is 1. The van der Waals surface area contributed by atoms with Gasteiger partial charge in [0.25, 0.3) is 11.8 Å². The van der Waals surface area contributed by atoms with Gasteiger partial charge in [0.1, 0.15) is 11.3 Å². The third kappa shape index (κ3) is 5.64. The second kappa shape index (κ2) is 11.0. The van der Waals surface area contributed by atoms with Crippen LogP contribution in [0.1, 0.15) is 55.4 Å². The molecule has 0 spiro atoms. The molecule has 37 heavy (non-hydrogen) atoms. The van der Waals surface area contributed by atoms with Gasteiger partial charge in [-0.3, -0.25) is 9.59 Å². The third-order valence-corrected chi connectivity index (χ3v) is 5.68. The van der Waals surface area contributed by atoms with E-state index in [0.29, 0.717) is 29.9 Å². The van der Waals surface area contributed by atoms with E-state index in [9.17, 15) is 19.5 Å². The molecule has 2 aromatic heterocycles. The quantitative estimate of drug-likeness (QED) is 0.330. The second-order valence-corrected chi connectivity index (χ2v) is 8.46. The third-order valence-electron chi connectivity index (χ3n) is 5.68. The standard InChI is InChI=1S/C27H26N4O6/c1-4-5-10-22-28-23-24(26(37-17(3)33)30-29-25(23)36-16(2)32)31(22)15-18-11-13-19(14-12-18)20-8-6-7-9-21(20)27(34)35/h6-9,11-14H,4-5,10,15H2,1-3H3,(H,34,35). The van der Waals surface area contributed by atoms with Crippen LogP contribution in [0.3, 0.4) is 0 Å². The predicted molar refractivity (Wildman–Crippen MR) is 134 cm³/mol. The highest BCUT2D eigenvalue weighted by molar-refractivity contribution is 5.96. The number of aromatic carboxylic acids is 1. The Labute approximate surface area is 212 Å². The van der Waals surface area contributed by atoms with E-state index in [1.807, 2.05) is 28.8 Å². The first kappa shape index (κ1) is 25.5. The molecule has 0 saturated carbocycles. The van der Waals surface area contributed by atoms with E-state index in [4.69, 9.17) is 14.5 Å². The van der Waals surface area contributed by atoms with Crippen LogP contribution in [-0.2, 0) is 22.6 Å². The molecule has 0 atom stereocenters. The molecule has 190 valence electrons. The Morgan fingerprint density at radius 3 is 2.22 bits per heavy atom. The zero-order valence-corrected chi connectivity index (χ0v) is 20.7. The number of carboxylic acids is 1. The lowest BCUT2D eigenvalue weighted by Gasteiger charge is -2.12. The number of esters is 2. The van der Waals surface area contributed by atoms with Crippen LogP contribution < -0.4 is 9.47 Å². The zero-order chi connectivity index (χ0) is 26.5. The van der Waals surface area contributed by atoms with Gasteiger partial charge in [-0.25, -0.2) is 9.78 Å². The normalized spacial score (nSPS) is 10.9. The zero-order valence-electron chi connectivity index (χ0n) is 20.7. The molecule has 0 bridgehead atoms. The molecule has 2 heterocycles. The number of benzene rings is 2. The maximum absolute atomic E-state index is 11.8. The van der Waals surface area contributed by atoms with Crippen LogP contribution >= 0.6 is 0 Å². The van der Waals surface area contributed by atoms with Crippen molar-refractivity contribution >= 4 is 28.9 Å². The number of carbonyl (C=O) groups excluding carboxylic acids is 2. The molecule has 0 aliphatic heterocycles. The minimum atomic E-state index is -0.993. The van der Waals surface area contributed by atoms with Crippen LogP contribution in [0, 0.1) is 0 Å². The molecular formula is C27H26N4O6. The second-order valence-electron chi connectivity index (χ2n) is 8.46. The largest absolute Gasteiger partial charge is 0.478 e. The molecule has 10 nitrogen and oxygen atoms in total. The maximum Gasteiger partial charge on any atom is 0.336 e. The highest BCUT2D eigenvalue weighted by Gasteiger charge is 2.23. The van der Waals surface area contributed by atoms with Gasteiger partial charge < -0.3 is 19.1 Å². The van der Waals surface area contributed by atoms with Gasteiger partial charge in [0.2, 0.25) is 0 Å². The number of unbranched alkanes of at least 4 members (excludes halogenated alkanes) is 1. The van der Waals surface area contributed by atoms with Crippen molar-refractivity contribution in [3.8, 4) is 22.9 Å². The van der Waals surface area contributed by atoms with Crippen molar-refractivity contribution in [1.82, 2.24) is 19.7 Å². The molecule has 0 aliphatic carbocycles. The molecule has 4 rings (SSSR count). The van der Waals surface area contributed by atoms with Crippen molar-refractivity contribution < 1.29 is 29.0 Å². The SMILES string of the molecule is CCCCc1nc2c(OC(C)=O)nnc(OC(C)=O)c2n1Cc1ccc(-c2ccccc2C(=O)O)cc1. The summed E-state index contributed by atoms with van der Waals surface area (Å²) in [6.45, 7) is 4.95. The van der Waals surface area contributed by atoms with Crippen molar-refractivity contribution in [3.05, 3.63) is 65.5 Å². The highest BCUT2D eigenvalue weighted by atomic mass is 16.6. The summed E-state index contributed by atoms with van der Waals surface area (Å²) in [4.78, 5) is 39.7. The summed E-state index contributed by atoms with van der Waals surface area (Å²) in [7, 11) is 0. The average Bonchev–Trinajstić information content (AvgIpc) is 3.23. The van der Waals surface area contributed by atoms with E-state index in [2.05, 4.69) is 17.1 Å². The number of hydrogen-bond donors (Lipinski definition) is 1. The van der Waals surface area contributed by atoms with Gasteiger partial charge in [0, 0.05) is 26.8 Å². The number of carbonyl (C=O) groups is 3. The molecule has 0 aliphatic rings. The highest BCUT2D eigenvalue weighted by Crippen LogP contribution is 2.32. The Balaban J connectivity index is 1.80. The number of aromatic nitrogens is 4. The topological polar surface area (TPSA) is 134 Å². The van der Waals surface area contributed by atoms with Crippen LogP contribution in [0.25, 0.3) is 22.2 Å². The summed E-state index contributed by atoms with van der Waals surface area (Å²) < 4.78 is 12.4. The van der Waals surface area contributed by atoms with Crippen molar-refractivity contribution in [1.29, 1.82) is 0 Å². The lowest BCUT2D eigenvalue weighted by Crippen LogP contribution is -2.11. The van der Waals surface area contributed by atoms with Crippen LogP contribution in [0.5, 0.6) is 11.8 Å². The van der Waals surface area contributed by atoms with Crippen molar-refractivity contribution in [2.75, 3.05) is 0 Å². The molecule has 0 unspecified atom stereocenters. The van der Waals surface area contributed by atoms with Gasteiger partial charge in [0.15, 0.2) is 5.52 Å². The van der Waals surface area contributed by atoms with Crippen LogP contribution in [0.4, 0.5) is 0 Å². The van der Waals surface area contributed by atoms with Gasteiger partial charge in [0.05, 0.1) is 5.56 Å². The summed E-state index contributed by atoms with van der Waals surface area (Å²) in [5.41, 5.74) is 3.18. The van der Waals surface area contributed by atoms with Crippen LogP contribution in [0.2, 0.25) is 0 Å². The Morgan fingerprint density at radius 2 is 1.57 bits per heavy atom. The molecule has 0 fully saturated rings. The number of ether oxygens (including phenoxy) is 2. The summed E-state index contributed by atoms with van der Waals surface area (Å²) in [5.74, 6) is -1.52. The van der Waals surface area contributed by atoms with Crippen LogP contribution in [-0.4, -0.2) is 42.8 Å². The summed E-state index contributed by atoms with van der Waals surface area (Å²) in [6, 6.07) is 14.3. The van der Waals surface area contributed by atoms with E-state index in [0.717, 1.165) is 24.0 Å². The summed E-state index contributed by atoms with van der Waals surface area (Å²) in [5, 5.41) is 17.4. The van der Waals surface area contributed by atoms with Gasteiger partial charge in [-0.05, 0) is 29.2 Å². The van der Waals surface area contributed by atoms with Crippen molar-refractivity contribution in [2.24, 2.45) is 0 Å². The number of hydrogen-bond acceptors (Lipinski definition) is 8. The minimum absolute atomic E-state index is 0.0272. The first-order valence-electron chi connectivity index (χ1n) is 11.8. The number of fused-ring (bicyclic) bond motifs is 1. The fourth-order valence-corrected chi connectivity index (χ4v) is 4.05. The average molecular weight is 503 g/mol. The molecule has 2 aromatic carbocycles. The maximum atomic E-state index is 11.8. The minimum Gasteiger partial charge on any atom is -0.478 e. The fraction of sp³-hybridized carbons (Fsp3) is 0.259. The van der Waals surface area contributed by atoms with E-state index in [-0.39, 0.29) is 22.8 Å². The number of imidazole rings is 1. The van der Waals surface area contributed by atoms with Crippen molar-refractivity contribution in [3.63, 3.8) is 0 Å². The predicted octanol–water partition coefficient (Wildman–Crippen LogP) is 4.43. The Hall–Kier alpha value is -4.60. The summed E-state index contributed by atoms with van der Waals surface area (Å²) >= 11 is 0. The van der Waals surface area contributed by atoms with Gasteiger partial charge in [-0.15, -0.1) is 10.2 Å². The Kier molecular flexibility index (Phi) is 7.57.